The molecule has 3 aliphatic rings. The van der Waals surface area contributed by atoms with E-state index in [1.165, 1.54) is 75.4 Å². The number of hydrogen-bond donors (Lipinski definition) is 1. The van der Waals surface area contributed by atoms with Gasteiger partial charge < -0.3 is 0 Å². The van der Waals surface area contributed by atoms with Crippen LogP contribution in [-0.2, 0) is 0 Å². The van der Waals surface area contributed by atoms with Gasteiger partial charge in [-0.25, -0.2) is 5.01 Å². The van der Waals surface area contributed by atoms with Crippen molar-refractivity contribution in [1.82, 2.24) is 10.4 Å². The van der Waals surface area contributed by atoms with Gasteiger partial charge in [-0.1, -0.05) is 37.4 Å². The van der Waals surface area contributed by atoms with Crippen LogP contribution in [0.15, 0.2) is 4.99 Å². The predicted molar refractivity (Wildman–Crippen MR) is 78.8 cm³/mol. The lowest BCUT2D eigenvalue weighted by Gasteiger charge is -2.39. The Morgan fingerprint density at radius 1 is 1.00 bits per heavy atom. The Morgan fingerprint density at radius 2 is 1.72 bits per heavy atom. The highest BCUT2D eigenvalue weighted by Crippen LogP contribution is 2.41. The lowest BCUT2D eigenvalue weighted by Crippen LogP contribution is -2.46. The third-order valence-electron chi connectivity index (χ3n) is 4.60. The van der Waals surface area contributed by atoms with Crippen molar-refractivity contribution < 1.29 is 0 Å². The maximum Gasteiger partial charge on any atom is 0.171 e. The molecule has 0 aromatic carbocycles. The van der Waals surface area contributed by atoms with E-state index >= 15 is 0 Å². The average molecular weight is 267 g/mol. The Labute approximate surface area is 115 Å². The predicted octanol–water partition coefficient (Wildman–Crippen LogP) is 3.03. The van der Waals surface area contributed by atoms with E-state index in [4.69, 9.17) is 4.99 Å². The number of piperidine rings is 1. The van der Waals surface area contributed by atoms with Crippen molar-refractivity contribution in [1.29, 1.82) is 0 Å². The van der Waals surface area contributed by atoms with Gasteiger partial charge in [0, 0.05) is 25.4 Å². The summed E-state index contributed by atoms with van der Waals surface area (Å²) in [6.07, 6.45) is 11.1. The Bertz CT molecular complexity index is 304. The van der Waals surface area contributed by atoms with E-state index in [9.17, 15) is 0 Å². The first-order chi connectivity index (χ1) is 8.86. The highest BCUT2D eigenvalue weighted by Gasteiger charge is 2.35. The van der Waals surface area contributed by atoms with E-state index in [1.54, 1.807) is 0 Å². The fourth-order valence-corrected chi connectivity index (χ4v) is 4.54. The summed E-state index contributed by atoms with van der Waals surface area (Å²) in [7, 11) is 0. The van der Waals surface area contributed by atoms with Gasteiger partial charge in [-0.3, -0.25) is 10.4 Å². The lowest BCUT2D eigenvalue weighted by atomic mass is 9.75. The fourth-order valence-electron chi connectivity index (χ4n) is 3.37. The average Bonchev–Trinajstić information content (AvgIpc) is 2.44. The Morgan fingerprint density at radius 3 is 2.39 bits per heavy atom. The lowest BCUT2D eigenvalue weighted by molar-refractivity contribution is 0.193. The van der Waals surface area contributed by atoms with Crippen LogP contribution in [0.3, 0.4) is 0 Å². The van der Waals surface area contributed by atoms with Crippen LogP contribution >= 0.6 is 11.8 Å². The first kappa shape index (κ1) is 12.8. The first-order valence-corrected chi connectivity index (χ1v) is 8.54. The SMILES string of the molecule is C1CCN(NC2=NCC3(CCCCC3)CS2)CC1. The molecule has 1 aliphatic carbocycles. The van der Waals surface area contributed by atoms with E-state index in [0.29, 0.717) is 5.41 Å². The minimum atomic E-state index is 0.552. The Hall–Kier alpha value is -0.220. The van der Waals surface area contributed by atoms with E-state index in [-0.39, 0.29) is 0 Å². The van der Waals surface area contributed by atoms with E-state index in [0.717, 1.165) is 6.54 Å². The zero-order chi connectivity index (χ0) is 12.3. The van der Waals surface area contributed by atoms with Crippen molar-refractivity contribution in [2.24, 2.45) is 10.4 Å². The van der Waals surface area contributed by atoms with Crippen molar-refractivity contribution in [2.75, 3.05) is 25.4 Å². The van der Waals surface area contributed by atoms with Crippen molar-refractivity contribution in [3.8, 4) is 0 Å². The van der Waals surface area contributed by atoms with Gasteiger partial charge in [-0.15, -0.1) is 0 Å². The Kier molecular flexibility index (Phi) is 4.14. The molecule has 2 fully saturated rings. The van der Waals surface area contributed by atoms with Gasteiger partial charge in [0.15, 0.2) is 5.17 Å². The van der Waals surface area contributed by atoms with Crippen LogP contribution in [0.25, 0.3) is 0 Å². The molecule has 0 bridgehead atoms. The molecular formula is C14H25N3S. The van der Waals surface area contributed by atoms with Crippen molar-refractivity contribution in [2.45, 2.75) is 51.4 Å². The zero-order valence-electron chi connectivity index (χ0n) is 11.3. The van der Waals surface area contributed by atoms with Gasteiger partial charge in [-0.2, -0.15) is 0 Å². The molecular weight excluding hydrogens is 242 g/mol. The maximum atomic E-state index is 4.83. The van der Waals surface area contributed by atoms with Gasteiger partial charge in [0.25, 0.3) is 0 Å². The Balaban J connectivity index is 1.52. The molecule has 2 aliphatic heterocycles. The number of hydrogen-bond acceptors (Lipinski definition) is 4. The molecule has 0 aromatic heterocycles. The van der Waals surface area contributed by atoms with Gasteiger partial charge in [-0.05, 0) is 31.1 Å². The number of nitrogens with zero attached hydrogens (tertiary/aromatic N) is 2. The van der Waals surface area contributed by atoms with Gasteiger partial charge in [0.1, 0.15) is 0 Å². The highest BCUT2D eigenvalue weighted by atomic mass is 32.2. The van der Waals surface area contributed by atoms with Gasteiger partial charge in [0.05, 0.1) is 0 Å². The van der Waals surface area contributed by atoms with Gasteiger partial charge >= 0.3 is 0 Å². The number of aliphatic imine (C=N–C) groups is 1. The third-order valence-corrected chi connectivity index (χ3v) is 5.85. The topological polar surface area (TPSA) is 27.6 Å². The third kappa shape index (κ3) is 3.02. The summed E-state index contributed by atoms with van der Waals surface area (Å²) in [5.41, 5.74) is 4.08. The minimum Gasteiger partial charge on any atom is -0.298 e. The quantitative estimate of drug-likeness (QED) is 0.791. The summed E-state index contributed by atoms with van der Waals surface area (Å²) >= 11 is 1.96. The van der Waals surface area contributed by atoms with E-state index in [1.807, 2.05) is 11.8 Å². The smallest absolute Gasteiger partial charge is 0.171 e. The van der Waals surface area contributed by atoms with E-state index in [2.05, 4.69) is 10.4 Å². The summed E-state index contributed by atoms with van der Waals surface area (Å²) in [4.78, 5) is 4.83. The number of rotatable bonds is 1. The normalized spacial score (nSPS) is 29.0. The molecule has 102 valence electrons. The highest BCUT2D eigenvalue weighted by molar-refractivity contribution is 8.13. The summed E-state index contributed by atoms with van der Waals surface area (Å²) < 4.78 is 0. The van der Waals surface area contributed by atoms with Crippen LogP contribution in [0.5, 0.6) is 0 Å². The zero-order valence-corrected chi connectivity index (χ0v) is 12.1. The molecule has 1 saturated heterocycles. The standard InChI is InChI=1S/C14H25N3S/c1-3-7-14(8-4-1)11-15-13(18-12-14)16-17-9-5-2-6-10-17/h1-12H2,(H,15,16). The molecule has 0 atom stereocenters. The summed E-state index contributed by atoms with van der Waals surface area (Å²) in [6.45, 7) is 3.44. The van der Waals surface area contributed by atoms with Crippen LogP contribution < -0.4 is 5.43 Å². The molecule has 18 heavy (non-hydrogen) atoms. The minimum absolute atomic E-state index is 0.552. The van der Waals surface area contributed by atoms with Crippen LogP contribution in [0, 0.1) is 5.41 Å². The molecule has 0 unspecified atom stereocenters. The second kappa shape index (κ2) is 5.83. The number of amidine groups is 1. The van der Waals surface area contributed by atoms with Crippen LogP contribution in [0.1, 0.15) is 51.4 Å². The van der Waals surface area contributed by atoms with Crippen molar-refractivity contribution >= 4 is 16.9 Å². The molecule has 1 spiro atoms. The molecule has 4 heteroatoms. The molecule has 2 heterocycles. The fraction of sp³-hybridized carbons (Fsp3) is 0.929. The monoisotopic (exact) mass is 267 g/mol. The van der Waals surface area contributed by atoms with E-state index < -0.39 is 0 Å². The second-order valence-corrected chi connectivity index (χ2v) is 7.09. The number of nitrogens with one attached hydrogen (secondary N) is 1. The summed E-state index contributed by atoms with van der Waals surface area (Å²) in [5.74, 6) is 1.28. The molecule has 3 rings (SSSR count). The van der Waals surface area contributed by atoms with Gasteiger partial charge in [0.2, 0.25) is 0 Å². The van der Waals surface area contributed by atoms with Crippen LogP contribution in [0.2, 0.25) is 0 Å². The largest absolute Gasteiger partial charge is 0.298 e. The molecule has 3 nitrogen and oxygen atoms in total. The van der Waals surface area contributed by atoms with Crippen molar-refractivity contribution in [3.05, 3.63) is 0 Å². The first-order valence-electron chi connectivity index (χ1n) is 7.55. The molecule has 0 radical (unpaired) electrons. The van der Waals surface area contributed by atoms with Crippen LogP contribution in [-0.4, -0.2) is 35.6 Å². The summed E-state index contributed by atoms with van der Waals surface area (Å²) in [6, 6.07) is 0. The molecule has 1 saturated carbocycles. The van der Waals surface area contributed by atoms with Crippen molar-refractivity contribution in [3.63, 3.8) is 0 Å². The molecule has 0 amide bonds. The maximum absolute atomic E-state index is 4.83. The van der Waals surface area contributed by atoms with Crippen LogP contribution in [0.4, 0.5) is 0 Å². The second-order valence-electron chi connectivity index (χ2n) is 6.13. The number of hydrazine groups is 1. The molecule has 0 aromatic rings. The molecule has 1 N–H and O–H groups in total. The summed E-state index contributed by atoms with van der Waals surface area (Å²) in [5, 5.41) is 3.53. The number of thioether (sulfide) groups is 1.